The standard InChI is InChI=1S/C13H11NO5/c1-7-5-6-19-11(7)12(16)14-9-4-2-3-8(10(9)15)13(17)18/h2-6,15H,1H3,(H,14,16)(H,17,18). The summed E-state index contributed by atoms with van der Waals surface area (Å²) in [6.07, 6.45) is 1.37. The van der Waals surface area contributed by atoms with E-state index in [9.17, 15) is 14.7 Å². The highest BCUT2D eigenvalue weighted by atomic mass is 16.4. The third-order valence-electron chi connectivity index (χ3n) is 2.58. The Morgan fingerprint density at radius 3 is 2.58 bits per heavy atom. The Hall–Kier alpha value is -2.76. The zero-order valence-electron chi connectivity index (χ0n) is 10.0. The molecule has 2 rings (SSSR count). The van der Waals surface area contributed by atoms with Crippen LogP contribution in [0.1, 0.15) is 26.5 Å². The van der Waals surface area contributed by atoms with E-state index in [0.717, 1.165) is 0 Å². The molecule has 2 aromatic rings. The average molecular weight is 261 g/mol. The van der Waals surface area contributed by atoms with Crippen molar-refractivity contribution in [3.8, 4) is 5.75 Å². The Morgan fingerprint density at radius 2 is 2.00 bits per heavy atom. The molecule has 1 heterocycles. The maximum Gasteiger partial charge on any atom is 0.339 e. The fraction of sp³-hybridized carbons (Fsp3) is 0.0769. The number of hydrogen-bond acceptors (Lipinski definition) is 4. The minimum Gasteiger partial charge on any atom is -0.505 e. The summed E-state index contributed by atoms with van der Waals surface area (Å²) in [5.41, 5.74) is 0.376. The first-order chi connectivity index (χ1) is 9.00. The molecule has 0 aliphatic rings. The summed E-state index contributed by atoms with van der Waals surface area (Å²) in [5.74, 6) is -2.21. The highest BCUT2D eigenvalue weighted by molar-refractivity contribution is 6.05. The molecule has 0 aliphatic heterocycles. The summed E-state index contributed by atoms with van der Waals surface area (Å²) >= 11 is 0. The van der Waals surface area contributed by atoms with Crippen LogP contribution in [0.4, 0.5) is 5.69 Å². The lowest BCUT2D eigenvalue weighted by atomic mass is 10.1. The average Bonchev–Trinajstić information content (AvgIpc) is 2.77. The van der Waals surface area contributed by atoms with Gasteiger partial charge in [-0.25, -0.2) is 4.79 Å². The monoisotopic (exact) mass is 261 g/mol. The number of rotatable bonds is 3. The molecule has 6 heteroatoms. The lowest BCUT2D eigenvalue weighted by molar-refractivity contribution is 0.0693. The number of aryl methyl sites for hydroxylation is 1. The molecule has 0 atom stereocenters. The molecule has 0 fully saturated rings. The Balaban J connectivity index is 2.30. The summed E-state index contributed by atoms with van der Waals surface area (Å²) < 4.78 is 5.01. The van der Waals surface area contributed by atoms with Crippen LogP contribution in [0.5, 0.6) is 5.75 Å². The number of phenols is 1. The van der Waals surface area contributed by atoms with Gasteiger partial charge in [0.15, 0.2) is 11.5 Å². The van der Waals surface area contributed by atoms with Gasteiger partial charge < -0.3 is 19.9 Å². The van der Waals surface area contributed by atoms with Crippen LogP contribution in [0.15, 0.2) is 34.9 Å². The van der Waals surface area contributed by atoms with E-state index >= 15 is 0 Å². The first-order valence-corrected chi connectivity index (χ1v) is 5.41. The SMILES string of the molecule is Cc1ccoc1C(=O)Nc1cccc(C(=O)O)c1O. The van der Waals surface area contributed by atoms with Gasteiger partial charge in [0.25, 0.3) is 5.91 Å². The van der Waals surface area contributed by atoms with Gasteiger partial charge in [0.1, 0.15) is 5.56 Å². The van der Waals surface area contributed by atoms with E-state index in [-0.39, 0.29) is 17.0 Å². The number of amides is 1. The van der Waals surface area contributed by atoms with Crippen molar-refractivity contribution in [3.63, 3.8) is 0 Å². The van der Waals surface area contributed by atoms with Crippen LogP contribution in [0.25, 0.3) is 0 Å². The van der Waals surface area contributed by atoms with Gasteiger partial charge in [0.2, 0.25) is 0 Å². The molecule has 0 unspecified atom stereocenters. The van der Waals surface area contributed by atoms with Gasteiger partial charge in [0.05, 0.1) is 12.0 Å². The van der Waals surface area contributed by atoms with E-state index in [4.69, 9.17) is 9.52 Å². The molecule has 3 N–H and O–H groups in total. The van der Waals surface area contributed by atoms with Crippen molar-refractivity contribution >= 4 is 17.6 Å². The zero-order valence-corrected chi connectivity index (χ0v) is 10.0. The molecule has 1 aromatic heterocycles. The molecule has 0 radical (unpaired) electrons. The van der Waals surface area contributed by atoms with Crippen molar-refractivity contribution in [2.24, 2.45) is 0 Å². The molecule has 0 saturated heterocycles. The zero-order chi connectivity index (χ0) is 14.0. The number of aromatic carboxylic acids is 1. The number of nitrogens with one attached hydrogen (secondary N) is 1. The van der Waals surface area contributed by atoms with Crippen LogP contribution >= 0.6 is 0 Å². The van der Waals surface area contributed by atoms with Crippen LogP contribution in [0.2, 0.25) is 0 Å². The minimum atomic E-state index is -1.28. The Labute approximate surface area is 108 Å². The molecule has 0 spiro atoms. The smallest absolute Gasteiger partial charge is 0.339 e. The van der Waals surface area contributed by atoms with Crippen molar-refractivity contribution in [2.75, 3.05) is 5.32 Å². The van der Waals surface area contributed by atoms with Gasteiger partial charge in [-0.2, -0.15) is 0 Å². The van der Waals surface area contributed by atoms with Crippen LogP contribution in [0.3, 0.4) is 0 Å². The number of para-hydroxylation sites is 1. The highest BCUT2D eigenvalue weighted by Gasteiger charge is 2.17. The molecule has 19 heavy (non-hydrogen) atoms. The second-order valence-electron chi connectivity index (χ2n) is 3.89. The topological polar surface area (TPSA) is 99.8 Å². The Morgan fingerprint density at radius 1 is 1.26 bits per heavy atom. The second kappa shape index (κ2) is 4.85. The quantitative estimate of drug-likeness (QED) is 0.736. The van der Waals surface area contributed by atoms with Crippen molar-refractivity contribution in [1.82, 2.24) is 0 Å². The predicted molar refractivity (Wildman–Crippen MR) is 66.5 cm³/mol. The number of carboxylic acid groups (broad SMARTS) is 1. The second-order valence-corrected chi connectivity index (χ2v) is 3.89. The normalized spacial score (nSPS) is 10.2. The first-order valence-electron chi connectivity index (χ1n) is 5.41. The summed E-state index contributed by atoms with van der Waals surface area (Å²) in [4.78, 5) is 22.7. The van der Waals surface area contributed by atoms with E-state index < -0.39 is 17.6 Å². The summed E-state index contributed by atoms with van der Waals surface area (Å²) in [6.45, 7) is 1.70. The number of aromatic hydroxyl groups is 1. The van der Waals surface area contributed by atoms with Crippen molar-refractivity contribution in [3.05, 3.63) is 47.4 Å². The maximum atomic E-state index is 11.9. The Kier molecular flexibility index (Phi) is 3.24. The molecule has 1 aromatic carbocycles. The van der Waals surface area contributed by atoms with Gasteiger partial charge >= 0.3 is 5.97 Å². The number of carbonyl (C=O) groups excluding carboxylic acids is 1. The molecule has 98 valence electrons. The number of benzene rings is 1. The van der Waals surface area contributed by atoms with Gasteiger partial charge in [-0.05, 0) is 25.1 Å². The van der Waals surface area contributed by atoms with Crippen LogP contribution in [-0.4, -0.2) is 22.1 Å². The van der Waals surface area contributed by atoms with Crippen molar-refractivity contribution in [2.45, 2.75) is 6.92 Å². The summed E-state index contributed by atoms with van der Waals surface area (Å²) in [5, 5.41) is 21.0. The fourth-order valence-corrected chi connectivity index (χ4v) is 1.60. The van der Waals surface area contributed by atoms with Gasteiger partial charge in [0, 0.05) is 5.56 Å². The minimum absolute atomic E-state index is 0.0145. The largest absolute Gasteiger partial charge is 0.505 e. The number of carboxylic acids is 1. The molecular formula is C13H11NO5. The van der Waals surface area contributed by atoms with E-state index in [1.807, 2.05) is 0 Å². The van der Waals surface area contributed by atoms with Crippen LogP contribution in [0, 0.1) is 6.92 Å². The molecule has 0 aliphatic carbocycles. The molecule has 1 amide bonds. The lowest BCUT2D eigenvalue weighted by Crippen LogP contribution is -2.13. The third kappa shape index (κ3) is 2.42. The van der Waals surface area contributed by atoms with E-state index in [1.165, 1.54) is 24.5 Å². The molecule has 0 bridgehead atoms. The Bertz CT molecular complexity index is 644. The fourth-order valence-electron chi connectivity index (χ4n) is 1.60. The number of carbonyl (C=O) groups is 2. The van der Waals surface area contributed by atoms with Gasteiger partial charge in [-0.1, -0.05) is 6.07 Å². The van der Waals surface area contributed by atoms with E-state index in [0.29, 0.717) is 5.56 Å². The number of anilines is 1. The number of furan rings is 1. The van der Waals surface area contributed by atoms with Crippen LogP contribution in [-0.2, 0) is 0 Å². The summed E-state index contributed by atoms with van der Waals surface area (Å²) in [7, 11) is 0. The van der Waals surface area contributed by atoms with Crippen LogP contribution < -0.4 is 5.32 Å². The number of hydrogen-bond donors (Lipinski definition) is 3. The van der Waals surface area contributed by atoms with E-state index in [1.54, 1.807) is 13.0 Å². The van der Waals surface area contributed by atoms with Gasteiger partial charge in [-0.15, -0.1) is 0 Å². The maximum absolute atomic E-state index is 11.9. The predicted octanol–water partition coefficient (Wildman–Crippen LogP) is 2.24. The lowest BCUT2D eigenvalue weighted by Gasteiger charge is -2.08. The molecular weight excluding hydrogens is 250 g/mol. The van der Waals surface area contributed by atoms with Crippen molar-refractivity contribution in [1.29, 1.82) is 0 Å². The van der Waals surface area contributed by atoms with Crippen molar-refractivity contribution < 1.29 is 24.2 Å². The highest BCUT2D eigenvalue weighted by Crippen LogP contribution is 2.28. The summed E-state index contributed by atoms with van der Waals surface area (Å²) in [6, 6.07) is 5.69. The van der Waals surface area contributed by atoms with E-state index in [2.05, 4.69) is 5.32 Å². The molecule has 0 saturated carbocycles. The van der Waals surface area contributed by atoms with Gasteiger partial charge in [-0.3, -0.25) is 4.79 Å². The first kappa shape index (κ1) is 12.7. The molecule has 6 nitrogen and oxygen atoms in total. The third-order valence-corrected chi connectivity index (χ3v) is 2.58.